The van der Waals surface area contributed by atoms with E-state index in [0.717, 1.165) is 49.8 Å². The standard InChI is InChI=1S/C49H63N2O/c1-8-9-19-35-50-43-29-17-15-27-41(43)48(4,5)45(50)33-31-38-23-21-24-39(47(38)52-40-25-13-10-14-26-40)32-34-46-49(6,7)42-28-16-18-30-44(42)51(46)36-20-11-12-22-37(2)3/h10,13-18,25-34,37H,8-9,11-12,19-24,35-36H2,1-7H3/q+1. The minimum atomic E-state index is -0.0753. The number of ether oxygens (including phenoxy) is 1. The molecule has 2 aliphatic heterocycles. The van der Waals surface area contributed by atoms with Gasteiger partial charge in [0.15, 0.2) is 5.71 Å². The molecule has 3 nitrogen and oxygen atoms in total. The molecule has 0 aromatic heterocycles. The second-order valence-corrected chi connectivity index (χ2v) is 16.6. The lowest BCUT2D eigenvalue weighted by molar-refractivity contribution is -0.438. The van der Waals surface area contributed by atoms with Crippen LogP contribution in [0.3, 0.4) is 0 Å². The van der Waals surface area contributed by atoms with Crippen molar-refractivity contribution in [2.75, 3.05) is 18.0 Å². The molecule has 274 valence electrons. The molecule has 0 saturated carbocycles. The van der Waals surface area contributed by atoms with Crippen LogP contribution >= 0.6 is 0 Å². The minimum Gasteiger partial charge on any atom is -0.457 e. The number of anilines is 1. The fraction of sp³-hybridized carbons (Fsp3) is 0.449. The summed E-state index contributed by atoms with van der Waals surface area (Å²) in [5.74, 6) is 2.68. The van der Waals surface area contributed by atoms with Gasteiger partial charge in [0.05, 0.1) is 5.41 Å². The van der Waals surface area contributed by atoms with Gasteiger partial charge in [0.25, 0.3) is 0 Å². The number of rotatable bonds is 15. The first-order valence-corrected chi connectivity index (χ1v) is 20.3. The first-order valence-electron chi connectivity index (χ1n) is 20.3. The summed E-state index contributed by atoms with van der Waals surface area (Å²) in [6, 6.07) is 28.4. The Balaban J connectivity index is 1.38. The zero-order chi connectivity index (χ0) is 36.7. The molecule has 3 aromatic rings. The number of fused-ring (bicyclic) bond motifs is 2. The molecule has 0 spiro atoms. The van der Waals surface area contributed by atoms with Crippen LogP contribution in [0, 0.1) is 5.92 Å². The lowest BCUT2D eigenvalue weighted by atomic mass is 9.81. The summed E-state index contributed by atoms with van der Waals surface area (Å²) in [6.45, 7) is 18.6. The number of unbranched alkanes of at least 4 members (excludes halogenated alkanes) is 4. The summed E-state index contributed by atoms with van der Waals surface area (Å²) in [4.78, 5) is 2.61. The number of hydrogen-bond acceptors (Lipinski definition) is 2. The van der Waals surface area contributed by atoms with Crippen LogP contribution in [0.5, 0.6) is 5.75 Å². The van der Waals surface area contributed by atoms with E-state index in [2.05, 4.69) is 161 Å². The molecule has 0 N–H and O–H groups in total. The second kappa shape index (κ2) is 16.7. The van der Waals surface area contributed by atoms with Gasteiger partial charge in [0.1, 0.15) is 18.1 Å². The molecule has 0 saturated heterocycles. The molecule has 3 heteroatoms. The van der Waals surface area contributed by atoms with E-state index in [1.165, 1.54) is 90.0 Å². The number of nitrogens with zero attached hydrogens (tertiary/aromatic N) is 2. The van der Waals surface area contributed by atoms with Crippen molar-refractivity contribution in [3.8, 4) is 5.75 Å². The number of allylic oxidation sites excluding steroid dienone is 7. The molecular formula is C49H63N2O+. The Bertz CT molecular complexity index is 1850. The molecule has 3 aromatic carbocycles. The Morgan fingerprint density at radius 3 is 2.25 bits per heavy atom. The van der Waals surface area contributed by atoms with Gasteiger partial charge in [-0.15, -0.1) is 0 Å². The number of hydrogen-bond donors (Lipinski definition) is 0. The molecule has 3 aliphatic rings. The fourth-order valence-corrected chi connectivity index (χ4v) is 8.60. The quantitative estimate of drug-likeness (QED) is 0.116. The van der Waals surface area contributed by atoms with Gasteiger partial charge in [-0.1, -0.05) is 121 Å². The largest absolute Gasteiger partial charge is 0.457 e. The summed E-state index contributed by atoms with van der Waals surface area (Å²) < 4.78 is 9.46. The lowest BCUT2D eigenvalue weighted by Gasteiger charge is -2.27. The van der Waals surface area contributed by atoms with Crippen LogP contribution in [-0.4, -0.2) is 23.4 Å². The predicted molar refractivity (Wildman–Crippen MR) is 222 cm³/mol. The highest BCUT2D eigenvalue weighted by atomic mass is 16.5. The van der Waals surface area contributed by atoms with E-state index in [1.807, 2.05) is 0 Å². The van der Waals surface area contributed by atoms with Crippen LogP contribution in [0.2, 0.25) is 0 Å². The van der Waals surface area contributed by atoms with E-state index in [9.17, 15) is 0 Å². The molecule has 0 fully saturated rings. The van der Waals surface area contributed by atoms with Gasteiger partial charge < -0.3 is 9.64 Å². The van der Waals surface area contributed by atoms with Crippen molar-refractivity contribution >= 4 is 17.1 Å². The summed E-state index contributed by atoms with van der Waals surface area (Å²) in [5, 5.41) is 0. The van der Waals surface area contributed by atoms with Crippen LogP contribution in [0.15, 0.2) is 126 Å². The summed E-state index contributed by atoms with van der Waals surface area (Å²) in [5.41, 5.74) is 10.7. The van der Waals surface area contributed by atoms with Crippen molar-refractivity contribution in [2.24, 2.45) is 5.92 Å². The Morgan fingerprint density at radius 1 is 0.750 bits per heavy atom. The SMILES string of the molecule is CCCCC[N+]1=C(C=CC2=C(Oc3ccccc3)C(=CC=C3N(CCCCCC(C)C)c4ccccc4C3(C)C)CCC2)C(C)(C)c2ccccc21. The molecular weight excluding hydrogens is 633 g/mol. The molecule has 0 radical (unpaired) electrons. The van der Waals surface area contributed by atoms with E-state index in [-0.39, 0.29) is 10.8 Å². The average molecular weight is 696 g/mol. The fourth-order valence-electron chi connectivity index (χ4n) is 8.60. The van der Waals surface area contributed by atoms with Crippen LogP contribution in [0.25, 0.3) is 0 Å². The van der Waals surface area contributed by atoms with Gasteiger partial charge in [0.2, 0.25) is 5.69 Å². The van der Waals surface area contributed by atoms with Crippen molar-refractivity contribution in [2.45, 2.75) is 124 Å². The van der Waals surface area contributed by atoms with Gasteiger partial charge in [-0.25, -0.2) is 0 Å². The summed E-state index contributed by atoms with van der Waals surface area (Å²) in [6.07, 6.45) is 21.5. The molecule has 0 bridgehead atoms. The minimum absolute atomic E-state index is 0.0701. The van der Waals surface area contributed by atoms with Crippen molar-refractivity contribution in [1.82, 2.24) is 0 Å². The van der Waals surface area contributed by atoms with Gasteiger partial charge in [-0.2, -0.15) is 4.58 Å². The predicted octanol–water partition coefficient (Wildman–Crippen LogP) is 13.2. The van der Waals surface area contributed by atoms with Gasteiger partial charge in [0, 0.05) is 47.5 Å². The Labute approximate surface area is 315 Å². The van der Waals surface area contributed by atoms with Crippen molar-refractivity contribution in [3.63, 3.8) is 0 Å². The van der Waals surface area contributed by atoms with Crippen LogP contribution in [0.1, 0.15) is 124 Å². The maximum absolute atomic E-state index is 6.88. The van der Waals surface area contributed by atoms with Crippen LogP contribution < -0.4 is 9.64 Å². The van der Waals surface area contributed by atoms with Gasteiger partial charge in [-0.3, -0.25) is 0 Å². The van der Waals surface area contributed by atoms with E-state index in [4.69, 9.17) is 4.74 Å². The maximum atomic E-state index is 6.88. The van der Waals surface area contributed by atoms with Crippen molar-refractivity contribution < 1.29 is 9.31 Å². The van der Waals surface area contributed by atoms with Crippen LogP contribution in [-0.2, 0) is 10.8 Å². The Morgan fingerprint density at radius 2 is 1.48 bits per heavy atom. The Kier molecular flexibility index (Phi) is 12.1. The van der Waals surface area contributed by atoms with Crippen molar-refractivity contribution in [3.05, 3.63) is 137 Å². The zero-order valence-electron chi connectivity index (χ0n) is 33.2. The lowest BCUT2D eigenvalue weighted by Crippen LogP contribution is -2.28. The first kappa shape index (κ1) is 37.6. The molecule has 52 heavy (non-hydrogen) atoms. The van der Waals surface area contributed by atoms with Gasteiger partial charge >= 0.3 is 0 Å². The smallest absolute Gasteiger partial charge is 0.209 e. The molecule has 6 rings (SSSR count). The third-order valence-electron chi connectivity index (χ3n) is 11.6. The molecule has 2 heterocycles. The van der Waals surface area contributed by atoms with E-state index >= 15 is 0 Å². The molecule has 0 amide bonds. The third-order valence-corrected chi connectivity index (χ3v) is 11.6. The normalized spacial score (nSPS) is 19.4. The summed E-state index contributed by atoms with van der Waals surface area (Å²) >= 11 is 0. The van der Waals surface area contributed by atoms with Crippen LogP contribution in [0.4, 0.5) is 11.4 Å². The zero-order valence-corrected chi connectivity index (χ0v) is 33.2. The van der Waals surface area contributed by atoms with Gasteiger partial charge in [-0.05, 0) is 98.9 Å². The highest BCUT2D eigenvalue weighted by molar-refractivity contribution is 6.03. The van der Waals surface area contributed by atoms with Crippen molar-refractivity contribution in [1.29, 1.82) is 0 Å². The Hall–Kier alpha value is -4.11. The average Bonchev–Trinajstić information content (AvgIpc) is 3.49. The monoisotopic (exact) mass is 695 g/mol. The topological polar surface area (TPSA) is 15.5 Å². The first-order chi connectivity index (χ1) is 25.1. The second-order valence-electron chi connectivity index (χ2n) is 16.6. The highest BCUT2D eigenvalue weighted by Crippen LogP contribution is 2.48. The van der Waals surface area contributed by atoms with E-state index in [0.29, 0.717) is 0 Å². The molecule has 0 unspecified atom stereocenters. The highest BCUT2D eigenvalue weighted by Gasteiger charge is 2.44. The van der Waals surface area contributed by atoms with E-state index in [1.54, 1.807) is 0 Å². The van der Waals surface area contributed by atoms with E-state index < -0.39 is 0 Å². The maximum Gasteiger partial charge on any atom is 0.209 e. The number of benzene rings is 3. The third kappa shape index (κ3) is 8.09. The summed E-state index contributed by atoms with van der Waals surface area (Å²) in [7, 11) is 0. The number of para-hydroxylation sites is 3. The molecule has 0 atom stereocenters. The molecule has 1 aliphatic carbocycles.